The number of piperidine rings is 1. The molecule has 1 atom stereocenters. The average Bonchev–Trinajstić information content (AvgIpc) is 3.05. The summed E-state index contributed by atoms with van der Waals surface area (Å²) in [5, 5.41) is 2.17. The Hall–Kier alpha value is -2.85. The van der Waals surface area contributed by atoms with E-state index in [9.17, 15) is 19.2 Å². The van der Waals surface area contributed by atoms with Crippen molar-refractivity contribution in [2.24, 2.45) is 11.7 Å². The molecule has 3 heterocycles. The van der Waals surface area contributed by atoms with Gasteiger partial charge in [-0.05, 0) is 50.2 Å². The molecule has 0 aromatic heterocycles. The highest BCUT2D eigenvalue weighted by molar-refractivity contribution is 6.23. The number of rotatable bonds is 4. The summed E-state index contributed by atoms with van der Waals surface area (Å²) < 4.78 is 15.1. The van der Waals surface area contributed by atoms with E-state index in [0.29, 0.717) is 30.7 Å². The highest BCUT2D eigenvalue weighted by Crippen LogP contribution is 2.33. The van der Waals surface area contributed by atoms with E-state index in [-0.39, 0.29) is 24.0 Å². The lowest BCUT2D eigenvalue weighted by molar-refractivity contribution is -0.136. The molecular weight excluding hydrogens is 441 g/mol. The fourth-order valence-corrected chi connectivity index (χ4v) is 5.63. The molecule has 1 aliphatic carbocycles. The minimum atomic E-state index is -1.06. The fourth-order valence-electron chi connectivity index (χ4n) is 5.63. The number of halogens is 1. The first-order valence-corrected chi connectivity index (χ1v) is 12.1. The van der Waals surface area contributed by atoms with Gasteiger partial charge in [0.05, 0.1) is 16.8 Å². The maximum absolute atomic E-state index is 15.1. The Balaban J connectivity index is 1.27. The van der Waals surface area contributed by atoms with Gasteiger partial charge in [0.15, 0.2) is 0 Å². The van der Waals surface area contributed by atoms with Gasteiger partial charge in [-0.3, -0.25) is 34.3 Å². The number of anilines is 1. The van der Waals surface area contributed by atoms with Crippen molar-refractivity contribution in [2.75, 3.05) is 37.6 Å². The fraction of sp³-hybridized carbons (Fsp3) is 0.583. The molecule has 4 aliphatic rings. The van der Waals surface area contributed by atoms with Crippen LogP contribution < -0.4 is 16.0 Å². The predicted molar refractivity (Wildman–Crippen MR) is 122 cm³/mol. The molecule has 0 bridgehead atoms. The number of hydrogen-bond donors (Lipinski definition) is 2. The number of benzene rings is 1. The second-order valence-electron chi connectivity index (χ2n) is 9.86. The van der Waals surface area contributed by atoms with Crippen LogP contribution >= 0.6 is 0 Å². The van der Waals surface area contributed by atoms with Crippen LogP contribution in [0.4, 0.5) is 10.1 Å². The first kappa shape index (κ1) is 22.9. The molecule has 0 spiro atoms. The summed E-state index contributed by atoms with van der Waals surface area (Å²) >= 11 is 0. The molecule has 1 aromatic rings. The number of fused-ring (bicyclic) bond motifs is 1. The third kappa shape index (κ3) is 4.20. The Kier molecular flexibility index (Phi) is 6.11. The lowest BCUT2D eigenvalue weighted by atomic mass is 9.86. The van der Waals surface area contributed by atoms with Gasteiger partial charge >= 0.3 is 0 Å². The summed E-state index contributed by atoms with van der Waals surface area (Å²) in [6.07, 6.45) is 4.57. The molecule has 9 nitrogen and oxygen atoms in total. The maximum Gasteiger partial charge on any atom is 0.262 e. The number of carbonyl (C=O) groups is 4. The summed E-state index contributed by atoms with van der Waals surface area (Å²) in [4.78, 5) is 54.8. The van der Waals surface area contributed by atoms with Crippen molar-refractivity contribution in [3.8, 4) is 0 Å². The minimum Gasteiger partial charge on any atom is -0.367 e. The number of hydrogen-bond acceptors (Lipinski definition) is 7. The molecule has 0 radical (unpaired) electrons. The van der Waals surface area contributed by atoms with Gasteiger partial charge in [0.1, 0.15) is 11.9 Å². The average molecular weight is 472 g/mol. The Labute approximate surface area is 197 Å². The molecule has 1 aromatic carbocycles. The monoisotopic (exact) mass is 471 g/mol. The first-order chi connectivity index (χ1) is 16.3. The van der Waals surface area contributed by atoms with E-state index in [1.165, 1.54) is 6.07 Å². The molecule has 3 aliphatic heterocycles. The molecule has 2 saturated heterocycles. The molecule has 34 heavy (non-hydrogen) atoms. The SMILES string of the molecule is NC1CCC(CN2CCN(c3cc4c(cc3F)C(=O)N(C3CCC(=O)NC3=O)C4=O)CC2)CC1. The normalized spacial score (nSPS) is 28.4. The summed E-state index contributed by atoms with van der Waals surface area (Å²) in [5.74, 6) is -2.33. The van der Waals surface area contributed by atoms with Crippen LogP contribution in [0, 0.1) is 11.7 Å². The zero-order valence-corrected chi connectivity index (χ0v) is 19.1. The van der Waals surface area contributed by atoms with Gasteiger partial charge in [0.2, 0.25) is 11.8 Å². The zero-order chi connectivity index (χ0) is 24.0. The van der Waals surface area contributed by atoms with Crippen LogP contribution in [0.5, 0.6) is 0 Å². The Morgan fingerprint density at radius 1 is 0.912 bits per heavy atom. The molecule has 1 unspecified atom stereocenters. The predicted octanol–water partition coefficient (Wildman–Crippen LogP) is 0.866. The highest BCUT2D eigenvalue weighted by atomic mass is 19.1. The van der Waals surface area contributed by atoms with E-state index < -0.39 is 35.5 Å². The lowest BCUT2D eigenvalue weighted by Gasteiger charge is -2.39. The molecule has 3 N–H and O–H groups in total. The van der Waals surface area contributed by atoms with E-state index >= 15 is 4.39 Å². The van der Waals surface area contributed by atoms with E-state index in [0.717, 1.165) is 56.3 Å². The number of amides is 4. The molecule has 3 fully saturated rings. The van der Waals surface area contributed by atoms with Crippen LogP contribution in [0.3, 0.4) is 0 Å². The van der Waals surface area contributed by atoms with Crippen molar-refractivity contribution in [3.05, 3.63) is 29.1 Å². The summed E-state index contributed by atoms with van der Waals surface area (Å²) in [5.41, 5.74) is 6.38. The minimum absolute atomic E-state index is 0.0370. The van der Waals surface area contributed by atoms with Crippen molar-refractivity contribution < 1.29 is 23.6 Å². The largest absolute Gasteiger partial charge is 0.367 e. The number of nitrogens with two attached hydrogens (primary N) is 1. The molecular formula is C24H30FN5O4. The van der Waals surface area contributed by atoms with Gasteiger partial charge in [-0.25, -0.2) is 4.39 Å². The molecule has 1 saturated carbocycles. The van der Waals surface area contributed by atoms with Gasteiger partial charge in [-0.1, -0.05) is 0 Å². The van der Waals surface area contributed by atoms with E-state index in [1.807, 2.05) is 4.90 Å². The zero-order valence-electron chi connectivity index (χ0n) is 19.1. The number of imide groups is 2. The van der Waals surface area contributed by atoms with E-state index in [1.54, 1.807) is 0 Å². The van der Waals surface area contributed by atoms with Crippen LogP contribution in [-0.4, -0.2) is 78.2 Å². The van der Waals surface area contributed by atoms with Crippen LogP contribution in [0.1, 0.15) is 59.2 Å². The van der Waals surface area contributed by atoms with Gasteiger partial charge in [-0.15, -0.1) is 0 Å². The molecule has 182 valence electrons. The van der Waals surface area contributed by atoms with Gasteiger partial charge < -0.3 is 10.6 Å². The maximum atomic E-state index is 15.1. The van der Waals surface area contributed by atoms with Crippen LogP contribution in [0.15, 0.2) is 12.1 Å². The molecule has 5 rings (SSSR count). The highest BCUT2D eigenvalue weighted by Gasteiger charge is 2.45. The number of nitrogens with one attached hydrogen (secondary N) is 1. The van der Waals surface area contributed by atoms with Gasteiger partial charge in [0.25, 0.3) is 11.8 Å². The topological polar surface area (TPSA) is 116 Å². The molecule has 4 amide bonds. The number of carbonyl (C=O) groups excluding carboxylic acids is 4. The summed E-state index contributed by atoms with van der Waals surface area (Å²) in [6, 6.07) is 1.81. The van der Waals surface area contributed by atoms with Crippen LogP contribution in [-0.2, 0) is 9.59 Å². The Morgan fingerprint density at radius 2 is 1.56 bits per heavy atom. The van der Waals surface area contributed by atoms with E-state index in [4.69, 9.17) is 5.73 Å². The lowest BCUT2D eigenvalue weighted by Crippen LogP contribution is -2.54. The third-order valence-corrected chi connectivity index (χ3v) is 7.63. The second kappa shape index (κ2) is 9.07. The van der Waals surface area contributed by atoms with Crippen molar-refractivity contribution in [2.45, 2.75) is 50.6 Å². The Bertz CT molecular complexity index is 1030. The number of piperazine rings is 1. The van der Waals surface area contributed by atoms with Crippen molar-refractivity contribution >= 4 is 29.3 Å². The second-order valence-corrected chi connectivity index (χ2v) is 9.86. The smallest absolute Gasteiger partial charge is 0.262 e. The van der Waals surface area contributed by atoms with Gasteiger partial charge in [0, 0.05) is 45.2 Å². The van der Waals surface area contributed by atoms with Crippen molar-refractivity contribution in [1.29, 1.82) is 0 Å². The van der Waals surface area contributed by atoms with E-state index in [2.05, 4.69) is 10.2 Å². The quantitative estimate of drug-likeness (QED) is 0.626. The van der Waals surface area contributed by atoms with Crippen molar-refractivity contribution in [3.63, 3.8) is 0 Å². The standard InChI is InChI=1S/C24H30FN5O4/c25-18-11-16-17(24(34)30(23(16)33)19-5-6-21(31)27-22(19)32)12-20(18)29-9-7-28(8-10-29)13-14-1-3-15(26)4-2-14/h11-12,14-15,19H,1-10,13,26H2,(H,27,31,32). The first-order valence-electron chi connectivity index (χ1n) is 12.1. The number of nitrogens with zero attached hydrogens (tertiary/aromatic N) is 3. The van der Waals surface area contributed by atoms with Crippen LogP contribution in [0.2, 0.25) is 0 Å². The third-order valence-electron chi connectivity index (χ3n) is 7.63. The summed E-state index contributed by atoms with van der Waals surface area (Å²) in [6.45, 7) is 3.88. The van der Waals surface area contributed by atoms with Crippen LogP contribution in [0.25, 0.3) is 0 Å². The molecule has 10 heteroatoms. The van der Waals surface area contributed by atoms with Crippen molar-refractivity contribution in [1.82, 2.24) is 15.1 Å². The summed E-state index contributed by atoms with van der Waals surface area (Å²) in [7, 11) is 0. The van der Waals surface area contributed by atoms with Gasteiger partial charge in [-0.2, -0.15) is 0 Å². The Morgan fingerprint density at radius 3 is 2.21 bits per heavy atom.